The number of benzene rings is 3. The molecule has 4 rings (SSSR count). The van der Waals surface area contributed by atoms with Gasteiger partial charge in [0.15, 0.2) is 0 Å². The molecule has 5 heteroatoms. The summed E-state index contributed by atoms with van der Waals surface area (Å²) < 4.78 is 5.87. The number of hydrogen-bond acceptors (Lipinski definition) is 3. The Hall–Kier alpha value is -3.86. The second kappa shape index (κ2) is 10.6. The first-order valence-corrected chi connectivity index (χ1v) is 11.2. The van der Waals surface area contributed by atoms with Gasteiger partial charge in [-0.2, -0.15) is 0 Å². The van der Waals surface area contributed by atoms with Gasteiger partial charge in [0.2, 0.25) is 5.91 Å². The summed E-state index contributed by atoms with van der Waals surface area (Å²) in [5, 5.41) is 0. The van der Waals surface area contributed by atoms with Crippen LogP contribution in [0.4, 0.5) is 0 Å². The summed E-state index contributed by atoms with van der Waals surface area (Å²) in [7, 11) is 0. The van der Waals surface area contributed by atoms with E-state index in [-0.39, 0.29) is 11.8 Å². The van der Waals surface area contributed by atoms with Crippen molar-refractivity contribution in [1.82, 2.24) is 9.80 Å². The van der Waals surface area contributed by atoms with Crippen molar-refractivity contribution in [3.63, 3.8) is 0 Å². The molecule has 1 saturated heterocycles. The summed E-state index contributed by atoms with van der Waals surface area (Å²) >= 11 is 0. The van der Waals surface area contributed by atoms with Crippen LogP contribution in [0.2, 0.25) is 0 Å². The predicted octanol–water partition coefficient (Wildman–Crippen LogP) is 4.57. The molecule has 0 N–H and O–H groups in total. The number of ether oxygens (including phenoxy) is 1. The molecule has 3 aromatic carbocycles. The van der Waals surface area contributed by atoms with Gasteiger partial charge in [0.25, 0.3) is 5.91 Å². The van der Waals surface area contributed by atoms with E-state index >= 15 is 0 Å². The summed E-state index contributed by atoms with van der Waals surface area (Å²) in [5.74, 6) is 0.731. The third kappa shape index (κ3) is 6.10. The zero-order valence-corrected chi connectivity index (χ0v) is 18.8. The first-order valence-electron chi connectivity index (χ1n) is 11.2. The van der Waals surface area contributed by atoms with E-state index in [1.807, 2.05) is 96.8 Å². The average Bonchev–Trinajstić information content (AvgIpc) is 2.87. The van der Waals surface area contributed by atoms with Gasteiger partial charge in [0.1, 0.15) is 12.4 Å². The minimum Gasteiger partial charge on any atom is -0.489 e. The highest BCUT2D eigenvalue weighted by Crippen LogP contribution is 2.17. The van der Waals surface area contributed by atoms with E-state index < -0.39 is 0 Å². The van der Waals surface area contributed by atoms with Gasteiger partial charge >= 0.3 is 0 Å². The summed E-state index contributed by atoms with van der Waals surface area (Å²) in [6.07, 6.45) is 3.40. The van der Waals surface area contributed by atoms with E-state index in [4.69, 9.17) is 4.74 Å². The SMILES string of the molecule is Cc1ccc(C(=O)N2CCN(C(=O)/C=C/c3cccc(OCc4ccccc4)c3)CC2)cc1. The molecule has 0 radical (unpaired) electrons. The maximum atomic E-state index is 12.7. The predicted molar refractivity (Wildman–Crippen MR) is 130 cm³/mol. The molecule has 5 nitrogen and oxygen atoms in total. The second-order valence-electron chi connectivity index (χ2n) is 8.16. The van der Waals surface area contributed by atoms with Gasteiger partial charge in [-0.25, -0.2) is 0 Å². The van der Waals surface area contributed by atoms with Gasteiger partial charge in [0.05, 0.1) is 0 Å². The molecule has 168 valence electrons. The molecule has 1 fully saturated rings. The fraction of sp³-hybridized carbons (Fsp3) is 0.214. The van der Waals surface area contributed by atoms with E-state index in [0.29, 0.717) is 38.3 Å². The average molecular weight is 441 g/mol. The fourth-order valence-electron chi connectivity index (χ4n) is 3.73. The van der Waals surface area contributed by atoms with Crippen molar-refractivity contribution in [1.29, 1.82) is 0 Å². The molecule has 0 spiro atoms. The van der Waals surface area contributed by atoms with E-state index in [1.165, 1.54) is 0 Å². The number of amides is 2. The number of hydrogen-bond donors (Lipinski definition) is 0. The minimum atomic E-state index is -0.0481. The Kier molecular flexibility index (Phi) is 7.20. The maximum Gasteiger partial charge on any atom is 0.253 e. The van der Waals surface area contributed by atoms with Crippen LogP contribution in [0.5, 0.6) is 5.75 Å². The van der Waals surface area contributed by atoms with Crippen LogP contribution >= 0.6 is 0 Å². The highest BCUT2D eigenvalue weighted by atomic mass is 16.5. The Labute approximate surface area is 194 Å². The molecular formula is C28H28N2O3. The zero-order chi connectivity index (χ0) is 23.0. The number of carbonyl (C=O) groups excluding carboxylic acids is 2. The molecule has 0 atom stereocenters. The minimum absolute atomic E-state index is 0.0185. The molecule has 1 aliphatic heterocycles. The number of rotatable bonds is 6. The lowest BCUT2D eigenvalue weighted by molar-refractivity contribution is -0.127. The highest BCUT2D eigenvalue weighted by Gasteiger charge is 2.23. The van der Waals surface area contributed by atoms with E-state index in [2.05, 4.69) is 0 Å². The molecule has 0 bridgehead atoms. The molecule has 1 heterocycles. The number of aryl methyl sites for hydroxylation is 1. The second-order valence-corrected chi connectivity index (χ2v) is 8.16. The highest BCUT2D eigenvalue weighted by molar-refractivity contribution is 5.95. The van der Waals surface area contributed by atoms with Crippen molar-refractivity contribution in [2.75, 3.05) is 26.2 Å². The fourth-order valence-corrected chi connectivity index (χ4v) is 3.73. The Morgan fingerprint density at radius 2 is 1.55 bits per heavy atom. The van der Waals surface area contributed by atoms with Gasteiger partial charge in [-0.3, -0.25) is 9.59 Å². The van der Waals surface area contributed by atoms with Gasteiger partial charge < -0.3 is 14.5 Å². The Balaban J connectivity index is 1.28. The normalized spacial score (nSPS) is 13.8. The van der Waals surface area contributed by atoms with Crippen molar-refractivity contribution < 1.29 is 14.3 Å². The lowest BCUT2D eigenvalue weighted by atomic mass is 10.1. The first kappa shape index (κ1) is 22.3. The van der Waals surface area contributed by atoms with Crippen LogP contribution in [0.3, 0.4) is 0 Å². The van der Waals surface area contributed by atoms with Crippen LogP contribution < -0.4 is 4.74 Å². The molecule has 1 aliphatic rings. The van der Waals surface area contributed by atoms with Crippen LogP contribution in [-0.4, -0.2) is 47.8 Å². The van der Waals surface area contributed by atoms with Crippen LogP contribution in [0, 0.1) is 6.92 Å². The number of carbonyl (C=O) groups is 2. The Morgan fingerprint density at radius 3 is 2.27 bits per heavy atom. The number of nitrogens with zero attached hydrogens (tertiary/aromatic N) is 2. The smallest absolute Gasteiger partial charge is 0.253 e. The largest absolute Gasteiger partial charge is 0.489 e. The standard InChI is InChI=1S/C28H28N2O3/c1-22-10-13-25(14-11-22)28(32)30-18-16-29(17-19-30)27(31)15-12-23-8-5-9-26(20-23)33-21-24-6-3-2-4-7-24/h2-15,20H,16-19,21H2,1H3/b15-12+. The van der Waals surface area contributed by atoms with E-state index in [1.54, 1.807) is 11.0 Å². The monoisotopic (exact) mass is 440 g/mol. The van der Waals surface area contributed by atoms with E-state index in [0.717, 1.165) is 22.4 Å². The maximum absolute atomic E-state index is 12.7. The van der Waals surface area contributed by atoms with Crippen LogP contribution in [0.1, 0.15) is 27.0 Å². The quantitative estimate of drug-likeness (QED) is 0.528. The van der Waals surface area contributed by atoms with Crippen LogP contribution in [-0.2, 0) is 11.4 Å². The molecule has 0 unspecified atom stereocenters. The molecule has 33 heavy (non-hydrogen) atoms. The van der Waals surface area contributed by atoms with E-state index in [9.17, 15) is 9.59 Å². The van der Waals surface area contributed by atoms with Crippen molar-refractivity contribution in [2.24, 2.45) is 0 Å². The van der Waals surface area contributed by atoms with Crippen LogP contribution in [0.25, 0.3) is 6.08 Å². The Morgan fingerprint density at radius 1 is 0.848 bits per heavy atom. The lowest BCUT2D eigenvalue weighted by Crippen LogP contribution is -2.50. The molecule has 3 aromatic rings. The van der Waals surface area contributed by atoms with Gasteiger partial charge in [-0.05, 0) is 48.4 Å². The zero-order valence-electron chi connectivity index (χ0n) is 18.8. The third-order valence-corrected chi connectivity index (χ3v) is 5.70. The lowest BCUT2D eigenvalue weighted by Gasteiger charge is -2.34. The topological polar surface area (TPSA) is 49.9 Å². The Bertz CT molecular complexity index is 1120. The molecule has 2 amide bonds. The summed E-state index contributed by atoms with van der Waals surface area (Å²) in [6, 6.07) is 25.3. The van der Waals surface area contributed by atoms with Crippen molar-refractivity contribution in [3.8, 4) is 5.75 Å². The molecule has 0 aromatic heterocycles. The van der Waals surface area contributed by atoms with Gasteiger partial charge in [-0.15, -0.1) is 0 Å². The third-order valence-electron chi connectivity index (χ3n) is 5.70. The van der Waals surface area contributed by atoms with Crippen molar-refractivity contribution in [3.05, 3.63) is 107 Å². The molecule has 0 aliphatic carbocycles. The summed E-state index contributed by atoms with van der Waals surface area (Å²) in [4.78, 5) is 28.9. The van der Waals surface area contributed by atoms with Crippen LogP contribution in [0.15, 0.2) is 84.9 Å². The van der Waals surface area contributed by atoms with Gasteiger partial charge in [0, 0.05) is 37.8 Å². The molecule has 0 saturated carbocycles. The van der Waals surface area contributed by atoms with Crippen molar-refractivity contribution in [2.45, 2.75) is 13.5 Å². The first-order chi connectivity index (χ1) is 16.1. The number of piperazine rings is 1. The summed E-state index contributed by atoms with van der Waals surface area (Å²) in [6.45, 7) is 4.63. The molecular weight excluding hydrogens is 412 g/mol. The van der Waals surface area contributed by atoms with Gasteiger partial charge in [-0.1, -0.05) is 60.2 Å². The summed E-state index contributed by atoms with van der Waals surface area (Å²) in [5.41, 5.74) is 3.83. The van der Waals surface area contributed by atoms with Crippen molar-refractivity contribution >= 4 is 17.9 Å².